The van der Waals surface area contributed by atoms with E-state index in [1.54, 1.807) is 7.11 Å². The molecule has 2 unspecified atom stereocenters. The van der Waals surface area contributed by atoms with E-state index >= 15 is 0 Å². The third-order valence-electron chi connectivity index (χ3n) is 3.43. The number of nitrogens with two attached hydrogens (primary N) is 1. The molecule has 1 aromatic heterocycles. The molecular formula is C11H17Cl3N2O3S2. The van der Waals surface area contributed by atoms with Gasteiger partial charge in [0.1, 0.15) is 9.23 Å². The van der Waals surface area contributed by atoms with Crippen LogP contribution in [-0.2, 0) is 14.8 Å². The summed E-state index contributed by atoms with van der Waals surface area (Å²) in [6.07, 6.45) is 1.26. The Morgan fingerprint density at radius 2 is 2.19 bits per heavy atom. The predicted molar refractivity (Wildman–Crippen MR) is 88.4 cm³/mol. The van der Waals surface area contributed by atoms with Gasteiger partial charge in [-0.1, -0.05) is 23.2 Å². The van der Waals surface area contributed by atoms with Crippen LogP contribution in [0.2, 0.25) is 8.67 Å². The van der Waals surface area contributed by atoms with Crippen LogP contribution in [0, 0.1) is 0 Å². The lowest BCUT2D eigenvalue weighted by atomic mass is 10.0. The van der Waals surface area contributed by atoms with E-state index in [0.29, 0.717) is 23.7 Å². The maximum atomic E-state index is 12.7. The van der Waals surface area contributed by atoms with Gasteiger partial charge in [-0.05, 0) is 18.9 Å². The van der Waals surface area contributed by atoms with Crippen molar-refractivity contribution in [3.8, 4) is 0 Å². The first-order valence-corrected chi connectivity index (χ1v) is 9.11. The van der Waals surface area contributed by atoms with E-state index in [2.05, 4.69) is 0 Å². The highest BCUT2D eigenvalue weighted by molar-refractivity contribution is 7.89. The molecule has 2 rings (SSSR count). The summed E-state index contributed by atoms with van der Waals surface area (Å²) in [6.45, 7) is 0.612. The summed E-state index contributed by atoms with van der Waals surface area (Å²) in [5.74, 6) is 0. The fourth-order valence-corrected chi connectivity index (χ4v) is 6.14. The molecule has 1 aliphatic heterocycles. The molecule has 0 aliphatic carbocycles. The largest absolute Gasteiger partial charge is 0.381 e. The van der Waals surface area contributed by atoms with Crippen molar-refractivity contribution in [2.24, 2.45) is 5.73 Å². The summed E-state index contributed by atoms with van der Waals surface area (Å²) in [7, 11) is -2.05. The molecule has 21 heavy (non-hydrogen) atoms. The van der Waals surface area contributed by atoms with Crippen molar-refractivity contribution >= 4 is 57.0 Å². The van der Waals surface area contributed by atoms with Crippen LogP contribution >= 0.6 is 46.9 Å². The van der Waals surface area contributed by atoms with E-state index in [4.69, 9.17) is 33.7 Å². The number of nitrogens with zero attached hydrogens (tertiary/aromatic N) is 1. The molecule has 1 aromatic rings. The highest BCUT2D eigenvalue weighted by Gasteiger charge is 2.37. The van der Waals surface area contributed by atoms with E-state index in [1.165, 1.54) is 10.4 Å². The first kappa shape index (κ1) is 19.4. The second-order valence-electron chi connectivity index (χ2n) is 4.58. The molecule has 5 nitrogen and oxygen atoms in total. The minimum Gasteiger partial charge on any atom is -0.381 e. The topological polar surface area (TPSA) is 72.6 Å². The van der Waals surface area contributed by atoms with E-state index in [0.717, 1.165) is 11.3 Å². The summed E-state index contributed by atoms with van der Waals surface area (Å²) in [6, 6.07) is 1.10. The summed E-state index contributed by atoms with van der Waals surface area (Å²) >= 11 is 12.8. The standard InChI is InChI=1S/C11H16Cl2N2O3S2.ClH/c1-18-8-2-3-15(7(4-8)6-14)20(16,17)9-5-10(12)19-11(9)13;/h5,7-8H,2-4,6,14H2,1H3;1H. The first-order chi connectivity index (χ1) is 9.40. The Kier molecular flexibility index (Phi) is 7.21. The SMILES string of the molecule is COC1CCN(S(=O)(=O)c2cc(Cl)sc2Cl)C(CN)C1.Cl. The van der Waals surface area contributed by atoms with Gasteiger partial charge in [0.15, 0.2) is 0 Å². The third kappa shape index (κ3) is 4.03. The number of hydrogen-bond donors (Lipinski definition) is 1. The van der Waals surface area contributed by atoms with E-state index < -0.39 is 10.0 Å². The summed E-state index contributed by atoms with van der Waals surface area (Å²) in [5, 5.41) is 0. The molecule has 0 amide bonds. The Hall–Kier alpha value is 0.400. The van der Waals surface area contributed by atoms with Crippen molar-refractivity contribution in [1.29, 1.82) is 0 Å². The van der Waals surface area contributed by atoms with Gasteiger partial charge >= 0.3 is 0 Å². The number of methoxy groups -OCH3 is 1. The van der Waals surface area contributed by atoms with Gasteiger partial charge in [-0.3, -0.25) is 0 Å². The van der Waals surface area contributed by atoms with Crippen LogP contribution in [-0.4, -0.2) is 45.1 Å². The zero-order valence-corrected chi connectivity index (χ0v) is 15.3. The van der Waals surface area contributed by atoms with Gasteiger partial charge in [0.05, 0.1) is 10.4 Å². The molecule has 0 spiro atoms. The molecule has 0 bridgehead atoms. The van der Waals surface area contributed by atoms with Crippen molar-refractivity contribution in [3.63, 3.8) is 0 Å². The zero-order chi connectivity index (χ0) is 14.9. The van der Waals surface area contributed by atoms with Crippen LogP contribution in [0.25, 0.3) is 0 Å². The highest BCUT2D eigenvalue weighted by Crippen LogP contribution is 2.37. The Morgan fingerprint density at radius 1 is 1.52 bits per heavy atom. The fourth-order valence-electron chi connectivity index (χ4n) is 2.36. The number of thiophene rings is 1. The van der Waals surface area contributed by atoms with Crippen LogP contribution in [0.4, 0.5) is 0 Å². The van der Waals surface area contributed by atoms with E-state index in [9.17, 15) is 8.42 Å². The van der Waals surface area contributed by atoms with Crippen molar-refractivity contribution in [1.82, 2.24) is 4.31 Å². The molecule has 122 valence electrons. The Morgan fingerprint density at radius 3 is 2.67 bits per heavy atom. The van der Waals surface area contributed by atoms with Crippen LogP contribution in [0.15, 0.2) is 11.0 Å². The van der Waals surface area contributed by atoms with Crippen LogP contribution in [0.5, 0.6) is 0 Å². The smallest absolute Gasteiger partial charge is 0.245 e. The molecule has 0 saturated carbocycles. The molecule has 0 aromatic carbocycles. The fraction of sp³-hybridized carbons (Fsp3) is 0.636. The van der Waals surface area contributed by atoms with Crippen molar-refractivity contribution in [3.05, 3.63) is 14.7 Å². The number of hydrogen-bond acceptors (Lipinski definition) is 5. The average molecular weight is 396 g/mol. The lowest BCUT2D eigenvalue weighted by Gasteiger charge is -2.37. The number of ether oxygens (including phenoxy) is 1. The van der Waals surface area contributed by atoms with Gasteiger partial charge in [-0.15, -0.1) is 23.7 Å². The van der Waals surface area contributed by atoms with Gasteiger partial charge < -0.3 is 10.5 Å². The van der Waals surface area contributed by atoms with Crippen LogP contribution in [0.1, 0.15) is 12.8 Å². The van der Waals surface area contributed by atoms with Crippen molar-refractivity contribution in [2.75, 3.05) is 20.2 Å². The molecule has 10 heteroatoms. The molecule has 1 fully saturated rings. The van der Waals surface area contributed by atoms with Crippen molar-refractivity contribution in [2.45, 2.75) is 29.9 Å². The molecule has 2 N–H and O–H groups in total. The zero-order valence-electron chi connectivity index (χ0n) is 11.3. The van der Waals surface area contributed by atoms with Crippen LogP contribution < -0.4 is 5.73 Å². The predicted octanol–water partition coefficient (Wildman–Crippen LogP) is 2.60. The lowest BCUT2D eigenvalue weighted by Crippen LogP contribution is -2.51. The normalized spacial score (nSPS) is 23.8. The molecular weight excluding hydrogens is 379 g/mol. The highest BCUT2D eigenvalue weighted by atomic mass is 35.5. The van der Waals surface area contributed by atoms with Gasteiger partial charge in [0.2, 0.25) is 10.0 Å². The monoisotopic (exact) mass is 394 g/mol. The average Bonchev–Trinajstić information content (AvgIpc) is 2.77. The van der Waals surface area contributed by atoms with Gasteiger partial charge in [0.25, 0.3) is 0 Å². The van der Waals surface area contributed by atoms with E-state index in [-0.39, 0.29) is 40.3 Å². The summed E-state index contributed by atoms with van der Waals surface area (Å²) in [4.78, 5) is 0.0588. The number of sulfonamides is 1. The number of piperidine rings is 1. The minimum absolute atomic E-state index is 0. The van der Waals surface area contributed by atoms with Crippen molar-refractivity contribution < 1.29 is 13.2 Å². The van der Waals surface area contributed by atoms with Gasteiger partial charge in [-0.25, -0.2) is 8.42 Å². The maximum Gasteiger partial charge on any atom is 0.245 e. The van der Waals surface area contributed by atoms with Gasteiger partial charge in [-0.2, -0.15) is 4.31 Å². The molecule has 0 radical (unpaired) electrons. The van der Waals surface area contributed by atoms with Crippen LogP contribution in [0.3, 0.4) is 0 Å². The minimum atomic E-state index is -3.67. The maximum absolute atomic E-state index is 12.7. The second-order valence-corrected chi connectivity index (χ2v) is 8.72. The molecule has 1 saturated heterocycles. The lowest BCUT2D eigenvalue weighted by molar-refractivity contribution is 0.0402. The second kappa shape index (κ2) is 7.79. The molecule has 1 aliphatic rings. The molecule has 2 atom stereocenters. The van der Waals surface area contributed by atoms with E-state index in [1.807, 2.05) is 0 Å². The number of rotatable bonds is 4. The number of halogens is 3. The Labute approximate surface area is 144 Å². The molecule has 2 heterocycles. The summed E-state index contributed by atoms with van der Waals surface area (Å²) in [5.41, 5.74) is 5.71. The Bertz CT molecular complexity index is 579. The third-order valence-corrected chi connectivity index (χ3v) is 7.14. The first-order valence-electron chi connectivity index (χ1n) is 6.09. The quantitative estimate of drug-likeness (QED) is 0.850. The Balaban J connectivity index is 0.00000220. The van der Waals surface area contributed by atoms with Gasteiger partial charge in [0, 0.05) is 26.2 Å². The summed E-state index contributed by atoms with van der Waals surface area (Å²) < 4.78 is 32.6.